The van der Waals surface area contributed by atoms with Gasteiger partial charge in [-0.1, -0.05) is 13.8 Å². The van der Waals surface area contributed by atoms with Crippen molar-refractivity contribution >= 4 is 11.6 Å². The van der Waals surface area contributed by atoms with Crippen LogP contribution in [0.4, 0.5) is 14.5 Å². The van der Waals surface area contributed by atoms with Crippen molar-refractivity contribution < 1.29 is 13.6 Å². The molecular weight excluding hydrogens is 276 g/mol. The molecule has 4 nitrogen and oxygen atoms in total. The van der Waals surface area contributed by atoms with Crippen molar-refractivity contribution in [2.45, 2.75) is 33.1 Å². The number of hydrogen-bond acceptors (Lipinski definition) is 3. The van der Waals surface area contributed by atoms with Gasteiger partial charge < -0.3 is 10.3 Å². The van der Waals surface area contributed by atoms with Crippen LogP contribution in [0.1, 0.15) is 43.5 Å². The first-order chi connectivity index (χ1) is 9.96. The maximum absolute atomic E-state index is 13.7. The molecule has 3 N–H and O–H groups in total. The van der Waals surface area contributed by atoms with E-state index in [9.17, 15) is 13.6 Å². The first-order valence-electron chi connectivity index (χ1n) is 7.21. The van der Waals surface area contributed by atoms with Crippen LogP contribution in [-0.2, 0) is 0 Å². The summed E-state index contributed by atoms with van der Waals surface area (Å²) in [6.07, 6.45) is 2.91. The summed E-state index contributed by atoms with van der Waals surface area (Å²) in [5.41, 5.74) is 1.68. The Balaban J connectivity index is 2.22. The lowest BCUT2D eigenvalue weighted by atomic mass is 9.82. The van der Waals surface area contributed by atoms with Gasteiger partial charge in [0.25, 0.3) is 5.91 Å². The molecule has 1 fully saturated rings. The van der Waals surface area contributed by atoms with E-state index in [4.69, 9.17) is 5.84 Å². The van der Waals surface area contributed by atoms with Crippen LogP contribution >= 0.6 is 0 Å². The number of nitrogens with zero attached hydrogens (tertiary/aromatic N) is 1. The van der Waals surface area contributed by atoms with E-state index in [-0.39, 0.29) is 16.9 Å². The lowest BCUT2D eigenvalue weighted by Gasteiger charge is -2.26. The number of hydrazine groups is 1. The number of nitrogens with two attached hydrogens (primary N) is 1. The Morgan fingerprint density at radius 1 is 1.33 bits per heavy atom. The number of rotatable bonds is 4. The number of amides is 1. The predicted octanol–water partition coefficient (Wildman–Crippen LogP) is 2.90. The summed E-state index contributed by atoms with van der Waals surface area (Å²) in [5.74, 6) is 2.99. The lowest BCUT2D eigenvalue weighted by molar-refractivity contribution is 0.0769. The van der Waals surface area contributed by atoms with Crippen LogP contribution in [-0.4, -0.2) is 23.9 Å². The average Bonchev–Trinajstić information content (AvgIpc) is 2.91. The summed E-state index contributed by atoms with van der Waals surface area (Å²) >= 11 is 0. The summed E-state index contributed by atoms with van der Waals surface area (Å²) in [5, 5.41) is 0. The van der Waals surface area contributed by atoms with Crippen LogP contribution in [0, 0.1) is 17.0 Å². The van der Waals surface area contributed by atoms with Gasteiger partial charge in [-0.05, 0) is 36.8 Å². The zero-order valence-electron chi connectivity index (χ0n) is 12.4. The van der Waals surface area contributed by atoms with Crippen molar-refractivity contribution in [3.05, 3.63) is 29.3 Å². The molecule has 1 amide bonds. The summed E-state index contributed by atoms with van der Waals surface area (Å²) in [4.78, 5) is 14.1. The van der Waals surface area contributed by atoms with Gasteiger partial charge in [0.2, 0.25) is 0 Å². The van der Waals surface area contributed by atoms with Gasteiger partial charge in [0.05, 0.1) is 0 Å². The molecule has 1 saturated heterocycles. The molecule has 0 bridgehead atoms. The Bertz CT molecular complexity index is 521. The minimum Gasteiger partial charge on any atom is -0.338 e. The molecule has 0 aromatic heterocycles. The SMILES string of the molecule is CCC1(CC)CCN(C(=O)c2cc(F)c(NN)c(F)c2)C1. The highest BCUT2D eigenvalue weighted by Gasteiger charge is 2.37. The molecule has 0 spiro atoms. The maximum Gasteiger partial charge on any atom is 0.254 e. The summed E-state index contributed by atoms with van der Waals surface area (Å²) in [6.45, 7) is 5.48. The molecule has 116 valence electrons. The van der Waals surface area contributed by atoms with Crippen LogP contribution in [0.25, 0.3) is 0 Å². The minimum absolute atomic E-state index is 0.0204. The number of hydrogen-bond donors (Lipinski definition) is 2. The van der Waals surface area contributed by atoms with E-state index in [2.05, 4.69) is 13.8 Å². The number of carbonyl (C=O) groups is 1. The third-order valence-corrected chi connectivity index (χ3v) is 4.66. The Morgan fingerprint density at radius 3 is 2.33 bits per heavy atom. The Hall–Kier alpha value is -1.69. The molecule has 0 radical (unpaired) electrons. The van der Waals surface area contributed by atoms with Gasteiger partial charge in [-0.15, -0.1) is 0 Å². The minimum atomic E-state index is -0.864. The first kappa shape index (κ1) is 15.7. The highest BCUT2D eigenvalue weighted by Crippen LogP contribution is 2.37. The van der Waals surface area contributed by atoms with Crippen LogP contribution in [0.2, 0.25) is 0 Å². The number of nitrogen functional groups attached to an aromatic ring is 1. The molecule has 1 aromatic rings. The number of carbonyl (C=O) groups excluding carboxylic acids is 1. The molecule has 6 heteroatoms. The fraction of sp³-hybridized carbons (Fsp3) is 0.533. The largest absolute Gasteiger partial charge is 0.338 e. The predicted molar refractivity (Wildman–Crippen MR) is 77.7 cm³/mol. The Kier molecular flexibility index (Phi) is 4.46. The van der Waals surface area contributed by atoms with Gasteiger partial charge in [0.1, 0.15) is 5.69 Å². The highest BCUT2D eigenvalue weighted by molar-refractivity contribution is 5.95. The summed E-state index contributed by atoms with van der Waals surface area (Å²) in [7, 11) is 0. The maximum atomic E-state index is 13.7. The molecule has 0 atom stereocenters. The number of nitrogens with one attached hydrogen (secondary N) is 1. The van der Waals surface area contributed by atoms with Crippen molar-refractivity contribution in [2.75, 3.05) is 18.5 Å². The molecule has 21 heavy (non-hydrogen) atoms. The standard InChI is InChI=1S/C15H21F2N3O/c1-3-15(4-2)5-6-20(9-15)14(21)10-7-11(16)13(19-18)12(17)8-10/h7-8,19H,3-6,9,18H2,1-2H3. The Labute approximate surface area is 123 Å². The van der Waals surface area contributed by atoms with E-state index in [1.165, 1.54) is 0 Å². The van der Waals surface area contributed by atoms with Gasteiger partial charge in [-0.2, -0.15) is 0 Å². The number of benzene rings is 1. The number of halogens is 2. The van der Waals surface area contributed by atoms with E-state index < -0.39 is 17.3 Å². The molecule has 1 aliphatic heterocycles. The fourth-order valence-corrected chi connectivity index (χ4v) is 2.95. The first-order valence-corrected chi connectivity index (χ1v) is 7.21. The van der Waals surface area contributed by atoms with Crippen LogP contribution in [0.3, 0.4) is 0 Å². The van der Waals surface area contributed by atoms with Gasteiger partial charge >= 0.3 is 0 Å². The molecule has 0 unspecified atom stereocenters. The average molecular weight is 297 g/mol. The van der Waals surface area contributed by atoms with Crippen molar-refractivity contribution in [2.24, 2.45) is 11.3 Å². The van der Waals surface area contributed by atoms with Crippen LogP contribution in [0.5, 0.6) is 0 Å². The zero-order valence-corrected chi connectivity index (χ0v) is 12.4. The van der Waals surface area contributed by atoms with Gasteiger partial charge in [-0.3, -0.25) is 10.6 Å². The molecule has 1 aliphatic rings. The van der Waals surface area contributed by atoms with Gasteiger partial charge in [-0.25, -0.2) is 8.78 Å². The van der Waals surface area contributed by atoms with Crippen molar-refractivity contribution in [3.8, 4) is 0 Å². The third kappa shape index (κ3) is 2.85. The monoisotopic (exact) mass is 297 g/mol. The van der Waals surface area contributed by atoms with Crippen LogP contribution in [0.15, 0.2) is 12.1 Å². The van der Waals surface area contributed by atoms with E-state index in [1.807, 2.05) is 5.43 Å². The van der Waals surface area contributed by atoms with Crippen molar-refractivity contribution in [1.82, 2.24) is 4.90 Å². The molecule has 2 rings (SSSR count). The molecule has 1 aromatic carbocycles. The van der Waals surface area contributed by atoms with E-state index in [0.29, 0.717) is 13.1 Å². The smallest absolute Gasteiger partial charge is 0.254 e. The van der Waals surface area contributed by atoms with Crippen LogP contribution < -0.4 is 11.3 Å². The van der Waals surface area contributed by atoms with Gasteiger partial charge in [0, 0.05) is 18.7 Å². The van der Waals surface area contributed by atoms with E-state index in [0.717, 1.165) is 31.4 Å². The third-order valence-electron chi connectivity index (χ3n) is 4.66. The van der Waals surface area contributed by atoms with Gasteiger partial charge in [0.15, 0.2) is 11.6 Å². The normalized spacial score (nSPS) is 17.1. The summed E-state index contributed by atoms with van der Waals surface area (Å²) < 4.78 is 27.4. The fourth-order valence-electron chi connectivity index (χ4n) is 2.95. The van der Waals surface area contributed by atoms with Crippen molar-refractivity contribution in [3.63, 3.8) is 0 Å². The molecule has 1 heterocycles. The van der Waals surface area contributed by atoms with E-state index >= 15 is 0 Å². The second-order valence-electron chi connectivity index (χ2n) is 5.64. The zero-order chi connectivity index (χ0) is 15.6. The Morgan fingerprint density at radius 2 is 1.90 bits per heavy atom. The number of likely N-dealkylation sites (tertiary alicyclic amines) is 1. The number of anilines is 1. The molecule has 0 saturated carbocycles. The second kappa shape index (κ2) is 5.97. The lowest BCUT2D eigenvalue weighted by Crippen LogP contribution is -2.32. The van der Waals surface area contributed by atoms with Crippen molar-refractivity contribution in [1.29, 1.82) is 0 Å². The topological polar surface area (TPSA) is 58.4 Å². The highest BCUT2D eigenvalue weighted by atomic mass is 19.1. The molecule has 0 aliphatic carbocycles. The summed E-state index contributed by atoms with van der Waals surface area (Å²) in [6, 6.07) is 2.05. The molecular formula is C15H21F2N3O. The second-order valence-corrected chi connectivity index (χ2v) is 5.64. The van der Waals surface area contributed by atoms with E-state index in [1.54, 1.807) is 4.90 Å². The quantitative estimate of drug-likeness (QED) is 0.663.